The van der Waals surface area contributed by atoms with E-state index in [0.29, 0.717) is 28.0 Å². The van der Waals surface area contributed by atoms with E-state index in [2.05, 4.69) is 15.3 Å². The van der Waals surface area contributed by atoms with Crippen molar-refractivity contribution in [2.45, 2.75) is 13.8 Å². The molecule has 0 unspecified atom stereocenters. The molecular formula is C16H15N3O2S. The standard InChI is InChI=1S/C16H15N3O2S/c1-9-14(10(2)18-16(17-9)21-3)19-15(20)13-8-11-6-4-5-7-12(11)22-13/h4-8H,1-3H3,(H,19,20). The Bertz CT molecular complexity index is 801. The molecule has 0 aliphatic heterocycles. The van der Waals surface area contributed by atoms with Gasteiger partial charge in [-0.15, -0.1) is 11.3 Å². The fourth-order valence-corrected chi connectivity index (χ4v) is 3.18. The summed E-state index contributed by atoms with van der Waals surface area (Å²) in [5.74, 6) is -0.152. The third-order valence-electron chi connectivity index (χ3n) is 3.32. The summed E-state index contributed by atoms with van der Waals surface area (Å²) >= 11 is 1.47. The number of fused-ring (bicyclic) bond motifs is 1. The molecule has 5 nitrogen and oxygen atoms in total. The van der Waals surface area contributed by atoms with Gasteiger partial charge in [-0.3, -0.25) is 4.79 Å². The van der Waals surface area contributed by atoms with Crippen molar-refractivity contribution in [3.8, 4) is 6.01 Å². The number of rotatable bonds is 3. The topological polar surface area (TPSA) is 64.1 Å². The minimum Gasteiger partial charge on any atom is -0.467 e. The first-order valence-corrected chi connectivity index (χ1v) is 7.59. The van der Waals surface area contributed by atoms with E-state index in [4.69, 9.17) is 4.74 Å². The molecule has 0 saturated carbocycles. The van der Waals surface area contributed by atoms with Crippen LogP contribution in [0.3, 0.4) is 0 Å². The van der Waals surface area contributed by atoms with E-state index in [0.717, 1.165) is 10.1 Å². The quantitative estimate of drug-likeness (QED) is 0.803. The summed E-state index contributed by atoms with van der Waals surface area (Å²) in [4.78, 5) is 21.5. The monoisotopic (exact) mass is 313 g/mol. The number of nitrogens with one attached hydrogen (secondary N) is 1. The molecule has 0 spiro atoms. The number of anilines is 1. The first-order valence-electron chi connectivity index (χ1n) is 6.77. The van der Waals surface area contributed by atoms with E-state index < -0.39 is 0 Å². The number of methoxy groups -OCH3 is 1. The minimum absolute atomic E-state index is 0.152. The molecule has 0 bridgehead atoms. The Balaban J connectivity index is 1.91. The van der Waals surface area contributed by atoms with Crippen molar-refractivity contribution in [1.82, 2.24) is 9.97 Å². The van der Waals surface area contributed by atoms with Gasteiger partial charge in [0.15, 0.2) is 0 Å². The summed E-state index contributed by atoms with van der Waals surface area (Å²) in [7, 11) is 1.52. The summed E-state index contributed by atoms with van der Waals surface area (Å²) in [5, 5.41) is 3.96. The van der Waals surface area contributed by atoms with Crippen molar-refractivity contribution in [3.05, 3.63) is 46.6 Å². The highest BCUT2D eigenvalue weighted by Gasteiger charge is 2.15. The van der Waals surface area contributed by atoms with E-state index >= 15 is 0 Å². The van der Waals surface area contributed by atoms with Gasteiger partial charge in [0.25, 0.3) is 5.91 Å². The second kappa shape index (κ2) is 5.73. The van der Waals surface area contributed by atoms with E-state index in [9.17, 15) is 4.79 Å². The third kappa shape index (κ3) is 2.65. The summed E-state index contributed by atoms with van der Waals surface area (Å²) < 4.78 is 6.12. The molecular weight excluding hydrogens is 298 g/mol. The highest BCUT2D eigenvalue weighted by atomic mass is 32.1. The third-order valence-corrected chi connectivity index (χ3v) is 4.44. The molecule has 2 heterocycles. The number of thiophene rings is 1. The van der Waals surface area contributed by atoms with Crippen molar-refractivity contribution in [1.29, 1.82) is 0 Å². The van der Waals surface area contributed by atoms with E-state index in [1.165, 1.54) is 18.4 Å². The zero-order valence-corrected chi connectivity index (χ0v) is 13.3. The van der Waals surface area contributed by atoms with Crippen molar-refractivity contribution in [3.63, 3.8) is 0 Å². The van der Waals surface area contributed by atoms with Gasteiger partial charge in [-0.2, -0.15) is 9.97 Å². The minimum atomic E-state index is -0.152. The number of carbonyl (C=O) groups is 1. The molecule has 0 aliphatic rings. The molecule has 112 valence electrons. The molecule has 0 fully saturated rings. The highest BCUT2D eigenvalue weighted by molar-refractivity contribution is 7.20. The van der Waals surface area contributed by atoms with Gasteiger partial charge in [0.1, 0.15) is 0 Å². The van der Waals surface area contributed by atoms with Gasteiger partial charge < -0.3 is 10.1 Å². The van der Waals surface area contributed by atoms with Crippen LogP contribution in [0.15, 0.2) is 30.3 Å². The van der Waals surface area contributed by atoms with E-state index in [1.54, 1.807) is 0 Å². The lowest BCUT2D eigenvalue weighted by Crippen LogP contribution is -2.14. The molecule has 3 aromatic rings. The molecule has 22 heavy (non-hydrogen) atoms. The number of aryl methyl sites for hydroxylation is 2. The van der Waals surface area contributed by atoms with Crippen LogP contribution in [0.5, 0.6) is 6.01 Å². The Kier molecular flexibility index (Phi) is 3.77. The van der Waals surface area contributed by atoms with Gasteiger partial charge >= 0.3 is 6.01 Å². The normalized spacial score (nSPS) is 10.7. The number of ether oxygens (including phenoxy) is 1. The van der Waals surface area contributed by atoms with Crippen LogP contribution in [0.2, 0.25) is 0 Å². The molecule has 1 amide bonds. The number of nitrogens with zero attached hydrogens (tertiary/aromatic N) is 2. The average molecular weight is 313 g/mol. The molecule has 2 aromatic heterocycles. The fourth-order valence-electron chi connectivity index (χ4n) is 2.23. The average Bonchev–Trinajstić information content (AvgIpc) is 2.94. The van der Waals surface area contributed by atoms with Gasteiger partial charge in [0.2, 0.25) is 0 Å². The van der Waals surface area contributed by atoms with Crippen LogP contribution in [0, 0.1) is 13.8 Å². The summed E-state index contributed by atoms with van der Waals surface area (Å²) in [5.41, 5.74) is 1.99. The second-order valence-electron chi connectivity index (χ2n) is 4.86. The number of benzene rings is 1. The smallest absolute Gasteiger partial charge is 0.316 e. The molecule has 0 saturated heterocycles. The number of amides is 1. The second-order valence-corrected chi connectivity index (χ2v) is 5.94. The summed E-state index contributed by atoms with van der Waals surface area (Å²) in [6.07, 6.45) is 0. The molecule has 0 atom stereocenters. The Morgan fingerprint density at radius 2 is 1.86 bits per heavy atom. The van der Waals surface area contributed by atoms with Crippen molar-refractivity contribution >= 4 is 33.0 Å². The lowest BCUT2D eigenvalue weighted by atomic mass is 10.2. The van der Waals surface area contributed by atoms with E-state index in [-0.39, 0.29) is 5.91 Å². The zero-order chi connectivity index (χ0) is 15.7. The molecule has 1 aromatic carbocycles. The molecule has 6 heteroatoms. The van der Waals surface area contributed by atoms with Gasteiger partial charge in [-0.1, -0.05) is 18.2 Å². The van der Waals surface area contributed by atoms with Crippen LogP contribution in [-0.2, 0) is 0 Å². The SMILES string of the molecule is COc1nc(C)c(NC(=O)c2cc3ccccc3s2)c(C)n1. The predicted molar refractivity (Wildman–Crippen MR) is 87.8 cm³/mol. The maximum Gasteiger partial charge on any atom is 0.316 e. The maximum absolute atomic E-state index is 12.5. The Hall–Kier alpha value is -2.47. The highest BCUT2D eigenvalue weighted by Crippen LogP contribution is 2.27. The number of hydrogen-bond acceptors (Lipinski definition) is 5. The first kappa shape index (κ1) is 14.5. The van der Waals surface area contributed by atoms with Crippen molar-refractivity contribution < 1.29 is 9.53 Å². The van der Waals surface area contributed by atoms with Gasteiger partial charge in [0, 0.05) is 4.70 Å². The van der Waals surface area contributed by atoms with Crippen LogP contribution in [0.25, 0.3) is 10.1 Å². The van der Waals surface area contributed by atoms with Crippen LogP contribution in [-0.4, -0.2) is 23.0 Å². The molecule has 0 aliphatic carbocycles. The van der Waals surface area contributed by atoms with Crippen LogP contribution < -0.4 is 10.1 Å². The van der Waals surface area contributed by atoms with E-state index in [1.807, 2.05) is 44.2 Å². The number of carbonyl (C=O) groups excluding carboxylic acids is 1. The number of hydrogen-bond donors (Lipinski definition) is 1. The van der Waals surface area contributed by atoms with Gasteiger partial charge in [0.05, 0.1) is 29.1 Å². The van der Waals surface area contributed by atoms with Gasteiger partial charge in [-0.05, 0) is 31.4 Å². The van der Waals surface area contributed by atoms with Gasteiger partial charge in [-0.25, -0.2) is 0 Å². The summed E-state index contributed by atoms with van der Waals surface area (Å²) in [6.45, 7) is 3.63. The fraction of sp³-hybridized carbons (Fsp3) is 0.188. The predicted octanol–water partition coefficient (Wildman–Crippen LogP) is 3.57. The van der Waals surface area contributed by atoms with Crippen LogP contribution >= 0.6 is 11.3 Å². The van der Waals surface area contributed by atoms with Crippen molar-refractivity contribution in [2.75, 3.05) is 12.4 Å². The molecule has 3 rings (SSSR count). The largest absolute Gasteiger partial charge is 0.467 e. The molecule has 0 radical (unpaired) electrons. The number of aromatic nitrogens is 2. The zero-order valence-electron chi connectivity index (χ0n) is 12.5. The summed E-state index contributed by atoms with van der Waals surface area (Å²) in [6, 6.07) is 10.1. The molecule has 1 N–H and O–H groups in total. The van der Waals surface area contributed by atoms with Crippen LogP contribution in [0.4, 0.5) is 5.69 Å². The maximum atomic E-state index is 12.5. The Labute approximate surface area is 132 Å². The van der Waals surface area contributed by atoms with Crippen molar-refractivity contribution in [2.24, 2.45) is 0 Å². The Morgan fingerprint density at radius 1 is 1.18 bits per heavy atom. The lowest BCUT2D eigenvalue weighted by Gasteiger charge is -2.10. The Morgan fingerprint density at radius 3 is 2.50 bits per heavy atom. The van der Waals surface area contributed by atoms with Crippen LogP contribution in [0.1, 0.15) is 21.1 Å². The first-order chi connectivity index (χ1) is 10.6. The lowest BCUT2D eigenvalue weighted by molar-refractivity contribution is 0.103.